The zero-order valence-corrected chi connectivity index (χ0v) is 16.6. The lowest BCUT2D eigenvalue weighted by molar-refractivity contribution is -0.134. The van der Waals surface area contributed by atoms with Gasteiger partial charge >= 0.3 is 5.63 Å². The standard InChI is InChI=1S/C24H25NO4/c1-25(18-10-6-3-7-11-18)23(26)16-28-19-12-13-20-21(17-8-4-2-5-9-17)15-24(27)29-22(20)14-19/h2,4-5,8-9,12-15,18H,3,6-7,10-11,16H2,1H3. The first-order valence-electron chi connectivity index (χ1n) is 10.1. The van der Waals surface area contributed by atoms with Gasteiger partial charge in [0.15, 0.2) is 6.61 Å². The maximum Gasteiger partial charge on any atom is 0.336 e. The number of amides is 1. The molecule has 150 valence electrons. The van der Waals surface area contributed by atoms with E-state index in [0.717, 1.165) is 29.4 Å². The van der Waals surface area contributed by atoms with Crippen LogP contribution in [0.5, 0.6) is 5.75 Å². The third kappa shape index (κ3) is 4.34. The summed E-state index contributed by atoms with van der Waals surface area (Å²) in [5, 5.41) is 0.828. The molecule has 0 atom stereocenters. The maximum absolute atomic E-state index is 12.5. The highest BCUT2D eigenvalue weighted by molar-refractivity contribution is 5.93. The number of hydrogen-bond donors (Lipinski definition) is 0. The van der Waals surface area contributed by atoms with Crippen LogP contribution in [0.2, 0.25) is 0 Å². The Morgan fingerprint density at radius 2 is 1.83 bits per heavy atom. The summed E-state index contributed by atoms with van der Waals surface area (Å²) in [6.45, 7) is -0.0267. The molecule has 5 heteroatoms. The SMILES string of the molecule is CN(C(=O)COc1ccc2c(-c3ccccc3)cc(=O)oc2c1)C1CCCCC1. The van der Waals surface area contributed by atoms with Gasteiger partial charge in [-0.05, 0) is 36.1 Å². The average molecular weight is 391 g/mol. The van der Waals surface area contributed by atoms with Gasteiger partial charge in [0, 0.05) is 30.6 Å². The monoisotopic (exact) mass is 391 g/mol. The summed E-state index contributed by atoms with van der Waals surface area (Å²) in [5.74, 6) is 0.479. The number of carbonyl (C=O) groups excluding carboxylic acids is 1. The molecule has 0 spiro atoms. The van der Waals surface area contributed by atoms with E-state index in [0.29, 0.717) is 17.4 Å². The van der Waals surface area contributed by atoms with E-state index in [1.807, 2.05) is 54.4 Å². The summed E-state index contributed by atoms with van der Waals surface area (Å²) in [5.41, 5.74) is 1.79. The molecule has 29 heavy (non-hydrogen) atoms. The zero-order valence-electron chi connectivity index (χ0n) is 16.6. The largest absolute Gasteiger partial charge is 0.484 e. The van der Waals surface area contributed by atoms with Crippen molar-refractivity contribution in [2.24, 2.45) is 0 Å². The molecule has 2 aromatic carbocycles. The highest BCUT2D eigenvalue weighted by atomic mass is 16.5. The third-order valence-corrected chi connectivity index (χ3v) is 5.68. The summed E-state index contributed by atoms with van der Waals surface area (Å²) >= 11 is 0. The number of hydrogen-bond acceptors (Lipinski definition) is 4. The molecule has 1 aliphatic rings. The van der Waals surface area contributed by atoms with E-state index in [9.17, 15) is 9.59 Å². The minimum Gasteiger partial charge on any atom is -0.484 e. The quantitative estimate of drug-likeness (QED) is 0.595. The fourth-order valence-corrected chi connectivity index (χ4v) is 4.01. The molecule has 0 aliphatic heterocycles. The van der Waals surface area contributed by atoms with Gasteiger partial charge in [-0.25, -0.2) is 4.79 Å². The van der Waals surface area contributed by atoms with Crippen LogP contribution in [0.3, 0.4) is 0 Å². The Labute approximate surface area is 169 Å². The van der Waals surface area contributed by atoms with E-state index >= 15 is 0 Å². The molecular formula is C24H25NO4. The summed E-state index contributed by atoms with van der Waals surface area (Å²) in [6, 6.07) is 16.9. The van der Waals surface area contributed by atoms with Crippen LogP contribution < -0.4 is 10.4 Å². The van der Waals surface area contributed by atoms with Crippen molar-refractivity contribution >= 4 is 16.9 Å². The van der Waals surface area contributed by atoms with Crippen LogP contribution >= 0.6 is 0 Å². The molecule has 1 aromatic heterocycles. The van der Waals surface area contributed by atoms with Crippen LogP contribution in [0.4, 0.5) is 0 Å². The number of likely N-dealkylation sites (N-methyl/N-ethyl adjacent to an activating group) is 1. The Bertz CT molecular complexity index is 1050. The lowest BCUT2D eigenvalue weighted by Crippen LogP contribution is -2.40. The molecule has 0 bridgehead atoms. The molecule has 0 radical (unpaired) electrons. The Balaban J connectivity index is 1.52. The van der Waals surface area contributed by atoms with Crippen molar-refractivity contribution < 1.29 is 13.9 Å². The maximum atomic E-state index is 12.5. The zero-order chi connectivity index (χ0) is 20.2. The number of fused-ring (bicyclic) bond motifs is 1. The Kier molecular flexibility index (Phi) is 5.65. The fourth-order valence-electron chi connectivity index (χ4n) is 4.01. The molecule has 0 saturated heterocycles. The molecule has 0 unspecified atom stereocenters. The number of benzene rings is 2. The number of nitrogens with zero attached hydrogens (tertiary/aromatic N) is 1. The smallest absolute Gasteiger partial charge is 0.336 e. The van der Waals surface area contributed by atoms with E-state index in [2.05, 4.69) is 0 Å². The normalized spacial score (nSPS) is 14.7. The van der Waals surface area contributed by atoms with E-state index < -0.39 is 5.63 Å². The first-order chi connectivity index (χ1) is 14.1. The molecule has 1 amide bonds. The molecule has 3 aromatic rings. The highest BCUT2D eigenvalue weighted by Gasteiger charge is 2.22. The number of carbonyl (C=O) groups is 1. The van der Waals surface area contributed by atoms with Crippen molar-refractivity contribution in [3.05, 3.63) is 65.0 Å². The molecule has 1 saturated carbocycles. The summed E-state index contributed by atoms with van der Waals surface area (Å²) in [7, 11) is 1.85. The molecule has 4 rings (SSSR count). The van der Waals surface area contributed by atoms with Gasteiger partial charge in [0.2, 0.25) is 0 Å². The van der Waals surface area contributed by atoms with E-state index in [4.69, 9.17) is 9.15 Å². The van der Waals surface area contributed by atoms with Crippen molar-refractivity contribution in [1.82, 2.24) is 4.90 Å². The first kappa shape index (κ1) is 19.2. The van der Waals surface area contributed by atoms with Crippen LogP contribution in [0.15, 0.2) is 63.8 Å². The van der Waals surface area contributed by atoms with Crippen molar-refractivity contribution in [1.29, 1.82) is 0 Å². The molecule has 1 aliphatic carbocycles. The lowest BCUT2D eigenvalue weighted by Gasteiger charge is -2.31. The van der Waals surface area contributed by atoms with Crippen molar-refractivity contribution in [2.45, 2.75) is 38.1 Å². The molecule has 5 nitrogen and oxygen atoms in total. The van der Waals surface area contributed by atoms with Gasteiger partial charge in [-0.2, -0.15) is 0 Å². The van der Waals surface area contributed by atoms with Crippen LogP contribution in [-0.2, 0) is 4.79 Å². The second-order valence-corrected chi connectivity index (χ2v) is 7.59. The van der Waals surface area contributed by atoms with E-state index in [1.165, 1.54) is 25.3 Å². The van der Waals surface area contributed by atoms with Gasteiger partial charge in [-0.1, -0.05) is 49.6 Å². The minimum absolute atomic E-state index is 0.0267. The second kappa shape index (κ2) is 8.52. The van der Waals surface area contributed by atoms with Crippen LogP contribution in [0, 0.1) is 0 Å². The Hall–Kier alpha value is -3.08. The van der Waals surface area contributed by atoms with Gasteiger partial charge in [0.25, 0.3) is 5.91 Å². The van der Waals surface area contributed by atoms with Crippen LogP contribution in [0.25, 0.3) is 22.1 Å². The summed E-state index contributed by atoms with van der Waals surface area (Å²) in [4.78, 5) is 26.4. The van der Waals surface area contributed by atoms with Gasteiger partial charge < -0.3 is 14.1 Å². The van der Waals surface area contributed by atoms with E-state index in [-0.39, 0.29) is 12.5 Å². The lowest BCUT2D eigenvalue weighted by atomic mass is 9.94. The van der Waals surface area contributed by atoms with Gasteiger partial charge in [0.1, 0.15) is 11.3 Å². The molecular weight excluding hydrogens is 366 g/mol. The number of rotatable bonds is 5. The molecule has 0 N–H and O–H groups in total. The van der Waals surface area contributed by atoms with Crippen molar-refractivity contribution in [2.75, 3.05) is 13.7 Å². The summed E-state index contributed by atoms with van der Waals surface area (Å²) in [6.07, 6.45) is 5.73. The van der Waals surface area contributed by atoms with Crippen LogP contribution in [0.1, 0.15) is 32.1 Å². The minimum atomic E-state index is -0.415. The van der Waals surface area contributed by atoms with Gasteiger partial charge in [-0.15, -0.1) is 0 Å². The third-order valence-electron chi connectivity index (χ3n) is 5.68. The predicted molar refractivity (Wildman–Crippen MR) is 113 cm³/mol. The van der Waals surface area contributed by atoms with Gasteiger partial charge in [-0.3, -0.25) is 4.79 Å². The highest BCUT2D eigenvalue weighted by Crippen LogP contribution is 2.29. The fraction of sp³-hybridized carbons (Fsp3) is 0.333. The van der Waals surface area contributed by atoms with Crippen LogP contribution in [-0.4, -0.2) is 30.5 Å². The van der Waals surface area contributed by atoms with Crippen molar-refractivity contribution in [3.8, 4) is 16.9 Å². The Morgan fingerprint density at radius 3 is 2.59 bits per heavy atom. The average Bonchev–Trinajstić information content (AvgIpc) is 2.77. The first-order valence-corrected chi connectivity index (χ1v) is 10.1. The van der Waals surface area contributed by atoms with Crippen molar-refractivity contribution in [3.63, 3.8) is 0 Å². The number of ether oxygens (including phenoxy) is 1. The topological polar surface area (TPSA) is 59.8 Å². The molecule has 1 fully saturated rings. The summed E-state index contributed by atoms with van der Waals surface area (Å²) < 4.78 is 11.1. The second-order valence-electron chi connectivity index (χ2n) is 7.59. The van der Waals surface area contributed by atoms with Gasteiger partial charge in [0.05, 0.1) is 0 Å². The predicted octanol–water partition coefficient (Wildman–Crippen LogP) is 4.63. The Morgan fingerprint density at radius 1 is 1.07 bits per heavy atom. The molecule has 1 heterocycles. The van der Waals surface area contributed by atoms with E-state index in [1.54, 1.807) is 6.07 Å².